The predicted molar refractivity (Wildman–Crippen MR) is 63.0 cm³/mol. The molecule has 0 fully saturated rings. The number of carbonyl (C=O) groups excluding carboxylic acids is 2. The second-order valence-electron chi connectivity index (χ2n) is 3.88. The van der Waals surface area contributed by atoms with E-state index in [1.54, 1.807) is 7.05 Å². The first-order chi connectivity index (χ1) is 7.67. The van der Waals surface area contributed by atoms with Crippen LogP contribution >= 0.6 is 0 Å². The summed E-state index contributed by atoms with van der Waals surface area (Å²) in [6.45, 7) is 2.62. The Morgan fingerprint density at radius 2 is 1.81 bits per heavy atom. The lowest BCUT2D eigenvalue weighted by Crippen LogP contribution is -2.26. The molecule has 0 bridgehead atoms. The van der Waals surface area contributed by atoms with Crippen molar-refractivity contribution in [2.45, 2.75) is 26.3 Å². The van der Waals surface area contributed by atoms with E-state index >= 15 is 0 Å². The maximum Gasteiger partial charge on any atom is 0.286 e. The molecule has 1 aromatic rings. The summed E-state index contributed by atoms with van der Waals surface area (Å²) >= 11 is 0. The van der Waals surface area contributed by atoms with Gasteiger partial charge in [0.1, 0.15) is 0 Å². The number of likely N-dealkylation sites (N-methyl/N-ethyl adjacent to an activating group) is 1. The molecule has 0 spiro atoms. The molecule has 0 heterocycles. The molecular formula is C13H17NO2. The Morgan fingerprint density at radius 1 is 1.25 bits per heavy atom. The van der Waals surface area contributed by atoms with E-state index in [2.05, 4.69) is 19.1 Å². The van der Waals surface area contributed by atoms with Crippen molar-refractivity contribution in [2.75, 3.05) is 7.05 Å². The van der Waals surface area contributed by atoms with Crippen molar-refractivity contribution in [3.63, 3.8) is 0 Å². The average Bonchev–Trinajstić information content (AvgIpc) is 2.31. The van der Waals surface area contributed by atoms with Gasteiger partial charge in [-0.3, -0.25) is 9.59 Å². The van der Waals surface area contributed by atoms with Crippen LogP contribution in [0.25, 0.3) is 0 Å². The molecule has 0 N–H and O–H groups in total. The quantitative estimate of drug-likeness (QED) is 0.559. The van der Waals surface area contributed by atoms with E-state index in [0.717, 1.165) is 18.4 Å². The lowest BCUT2D eigenvalue weighted by molar-refractivity contribution is -0.138. The van der Waals surface area contributed by atoms with Gasteiger partial charge in [-0.2, -0.15) is 0 Å². The minimum absolute atomic E-state index is 0.339. The lowest BCUT2D eigenvalue weighted by atomic mass is 10.1. The third kappa shape index (κ3) is 3.50. The highest BCUT2D eigenvalue weighted by Crippen LogP contribution is 2.08. The summed E-state index contributed by atoms with van der Waals surface area (Å²) in [6.07, 6.45) is 2.54. The van der Waals surface area contributed by atoms with E-state index < -0.39 is 5.91 Å². The van der Waals surface area contributed by atoms with Gasteiger partial charge in [0.05, 0.1) is 0 Å². The van der Waals surface area contributed by atoms with Crippen LogP contribution in [0.2, 0.25) is 0 Å². The van der Waals surface area contributed by atoms with Crippen molar-refractivity contribution in [1.82, 2.24) is 4.90 Å². The number of aldehydes is 1. The molecule has 16 heavy (non-hydrogen) atoms. The molecule has 3 heteroatoms. The highest BCUT2D eigenvalue weighted by molar-refractivity contribution is 6.23. The maximum absolute atomic E-state index is 11.0. The summed E-state index contributed by atoms with van der Waals surface area (Å²) in [5, 5.41) is 0. The Kier molecular flexibility index (Phi) is 4.70. The molecule has 0 saturated heterocycles. The minimum atomic E-state index is -0.488. The summed E-state index contributed by atoms with van der Waals surface area (Å²) in [5.74, 6) is -0.488. The molecule has 0 aliphatic carbocycles. The van der Waals surface area contributed by atoms with Crippen molar-refractivity contribution in [2.24, 2.45) is 0 Å². The summed E-state index contributed by atoms with van der Waals surface area (Å²) in [5.41, 5.74) is 2.34. The van der Waals surface area contributed by atoms with Crippen LogP contribution in [0.15, 0.2) is 24.3 Å². The molecule has 86 valence electrons. The fourth-order valence-electron chi connectivity index (χ4n) is 1.54. The van der Waals surface area contributed by atoms with Crippen LogP contribution in [0.3, 0.4) is 0 Å². The summed E-state index contributed by atoms with van der Waals surface area (Å²) in [7, 11) is 1.62. The number of amides is 1. The topological polar surface area (TPSA) is 37.4 Å². The zero-order valence-electron chi connectivity index (χ0n) is 9.77. The molecule has 0 aliphatic heterocycles. The molecule has 0 radical (unpaired) electrons. The van der Waals surface area contributed by atoms with Crippen LogP contribution in [0.1, 0.15) is 24.5 Å². The molecular weight excluding hydrogens is 202 g/mol. The zero-order chi connectivity index (χ0) is 12.0. The fraction of sp³-hybridized carbons (Fsp3) is 0.385. The summed E-state index contributed by atoms with van der Waals surface area (Å²) in [6, 6.07) is 8.13. The molecule has 0 unspecified atom stereocenters. The van der Waals surface area contributed by atoms with Crippen molar-refractivity contribution in [3.8, 4) is 0 Å². The Morgan fingerprint density at radius 3 is 2.31 bits per heavy atom. The van der Waals surface area contributed by atoms with E-state index in [0.29, 0.717) is 12.8 Å². The van der Waals surface area contributed by atoms with Gasteiger partial charge in [-0.25, -0.2) is 0 Å². The second-order valence-corrected chi connectivity index (χ2v) is 3.88. The van der Waals surface area contributed by atoms with E-state index in [9.17, 15) is 9.59 Å². The van der Waals surface area contributed by atoms with E-state index in [-0.39, 0.29) is 0 Å². The lowest BCUT2D eigenvalue weighted by Gasteiger charge is -2.13. The number of aryl methyl sites for hydroxylation is 1. The number of hydrogen-bond donors (Lipinski definition) is 0. The van der Waals surface area contributed by atoms with Crippen molar-refractivity contribution in [3.05, 3.63) is 35.4 Å². The first-order valence-electron chi connectivity index (χ1n) is 5.45. The monoisotopic (exact) mass is 219 g/mol. The third-order valence-corrected chi connectivity index (χ3v) is 2.46. The maximum atomic E-state index is 11.0. The van der Waals surface area contributed by atoms with Crippen LogP contribution in [0.5, 0.6) is 0 Å². The van der Waals surface area contributed by atoms with E-state index in [1.807, 2.05) is 12.1 Å². The zero-order valence-corrected chi connectivity index (χ0v) is 9.77. The largest absolute Gasteiger partial charge is 0.335 e. The number of rotatable bonds is 5. The van der Waals surface area contributed by atoms with Crippen LogP contribution in [0, 0.1) is 0 Å². The molecule has 0 saturated carbocycles. The van der Waals surface area contributed by atoms with Gasteiger partial charge < -0.3 is 4.90 Å². The summed E-state index contributed by atoms with van der Waals surface area (Å²) in [4.78, 5) is 22.7. The minimum Gasteiger partial charge on any atom is -0.335 e. The fourth-order valence-corrected chi connectivity index (χ4v) is 1.54. The van der Waals surface area contributed by atoms with Crippen LogP contribution in [-0.4, -0.2) is 24.1 Å². The molecule has 3 nitrogen and oxygen atoms in total. The molecule has 1 amide bonds. The Bertz CT molecular complexity index is 357. The molecule has 0 aliphatic rings. The normalized spacial score (nSPS) is 9.88. The summed E-state index contributed by atoms with van der Waals surface area (Å²) < 4.78 is 0. The second kappa shape index (κ2) is 6.05. The number of nitrogens with zero attached hydrogens (tertiary/aromatic N) is 1. The molecule has 1 rings (SSSR count). The first kappa shape index (κ1) is 12.4. The SMILES string of the molecule is CCCc1ccc(CN(C)C(=O)C=O)cc1. The Labute approximate surface area is 96.1 Å². The van der Waals surface area contributed by atoms with Crippen LogP contribution < -0.4 is 0 Å². The Hall–Kier alpha value is -1.64. The molecule has 0 atom stereocenters. The van der Waals surface area contributed by atoms with Crippen LogP contribution in [-0.2, 0) is 22.6 Å². The Balaban J connectivity index is 2.61. The third-order valence-electron chi connectivity index (χ3n) is 2.46. The molecule has 0 aromatic heterocycles. The van der Waals surface area contributed by atoms with Gasteiger partial charge in [0.15, 0.2) is 0 Å². The smallest absolute Gasteiger partial charge is 0.286 e. The predicted octanol–water partition coefficient (Wildman–Crippen LogP) is 1.80. The van der Waals surface area contributed by atoms with Gasteiger partial charge in [0, 0.05) is 13.6 Å². The number of hydrogen-bond acceptors (Lipinski definition) is 2. The van der Waals surface area contributed by atoms with Crippen molar-refractivity contribution >= 4 is 12.2 Å². The van der Waals surface area contributed by atoms with Gasteiger partial charge in [-0.1, -0.05) is 37.6 Å². The van der Waals surface area contributed by atoms with Gasteiger partial charge in [0.25, 0.3) is 5.91 Å². The van der Waals surface area contributed by atoms with Crippen molar-refractivity contribution in [1.29, 1.82) is 0 Å². The number of benzene rings is 1. The van der Waals surface area contributed by atoms with Gasteiger partial charge >= 0.3 is 0 Å². The average molecular weight is 219 g/mol. The highest BCUT2D eigenvalue weighted by Gasteiger charge is 2.06. The van der Waals surface area contributed by atoms with Gasteiger partial charge in [-0.05, 0) is 17.5 Å². The van der Waals surface area contributed by atoms with Crippen LogP contribution in [0.4, 0.5) is 0 Å². The van der Waals surface area contributed by atoms with Crippen molar-refractivity contribution < 1.29 is 9.59 Å². The standard InChI is InChI=1S/C13H17NO2/c1-3-4-11-5-7-12(8-6-11)9-14(2)13(16)10-15/h5-8,10H,3-4,9H2,1-2H3. The van der Waals surface area contributed by atoms with E-state index in [4.69, 9.17) is 0 Å². The van der Waals surface area contributed by atoms with Gasteiger partial charge in [-0.15, -0.1) is 0 Å². The van der Waals surface area contributed by atoms with E-state index in [1.165, 1.54) is 10.5 Å². The molecule has 1 aromatic carbocycles. The highest BCUT2D eigenvalue weighted by atomic mass is 16.2. The first-order valence-corrected chi connectivity index (χ1v) is 5.45. The number of carbonyl (C=O) groups is 2. The van der Waals surface area contributed by atoms with Gasteiger partial charge in [0.2, 0.25) is 6.29 Å².